The maximum Gasteiger partial charge on any atom is 0.134 e. The Hall–Kier alpha value is -2.61. The Balaban J connectivity index is 2.00. The van der Waals surface area contributed by atoms with Gasteiger partial charge in [0.2, 0.25) is 0 Å². The first-order valence-corrected chi connectivity index (χ1v) is 8.43. The molecule has 0 atom stereocenters. The fourth-order valence-electron chi connectivity index (χ4n) is 2.26. The highest BCUT2D eigenvalue weighted by atomic mass is 35.5. The highest BCUT2D eigenvalue weighted by Crippen LogP contribution is 2.34. The molecular weight excluding hydrogens is 340 g/mol. The number of benzene rings is 2. The topological polar surface area (TPSA) is 45.9 Å². The van der Waals surface area contributed by atoms with Crippen molar-refractivity contribution in [1.29, 1.82) is 5.26 Å². The molecule has 1 heterocycles. The zero-order chi connectivity index (χ0) is 16.9. The van der Waals surface area contributed by atoms with E-state index in [1.54, 1.807) is 13.2 Å². The summed E-state index contributed by atoms with van der Waals surface area (Å²) in [7, 11) is 1.61. The summed E-state index contributed by atoms with van der Waals surface area (Å²) in [5.74, 6) is 0.696. The monoisotopic (exact) mass is 352 g/mol. The van der Waals surface area contributed by atoms with Crippen molar-refractivity contribution in [2.75, 3.05) is 7.11 Å². The molecule has 1 aromatic heterocycles. The number of thiazole rings is 1. The molecule has 0 aliphatic rings. The van der Waals surface area contributed by atoms with E-state index in [1.165, 1.54) is 11.3 Å². The van der Waals surface area contributed by atoms with E-state index in [2.05, 4.69) is 11.1 Å². The molecule has 2 aromatic carbocycles. The van der Waals surface area contributed by atoms with Crippen LogP contribution in [-0.2, 0) is 0 Å². The quantitative estimate of drug-likeness (QED) is 0.579. The van der Waals surface area contributed by atoms with Crippen LogP contribution in [0.15, 0.2) is 53.9 Å². The van der Waals surface area contributed by atoms with Gasteiger partial charge in [0.1, 0.15) is 16.8 Å². The fourth-order valence-corrected chi connectivity index (χ4v) is 3.22. The van der Waals surface area contributed by atoms with E-state index in [0.29, 0.717) is 21.4 Å². The van der Waals surface area contributed by atoms with Gasteiger partial charge < -0.3 is 4.74 Å². The minimum Gasteiger partial charge on any atom is -0.496 e. The van der Waals surface area contributed by atoms with E-state index in [0.717, 1.165) is 16.8 Å². The van der Waals surface area contributed by atoms with E-state index in [1.807, 2.05) is 53.9 Å². The molecule has 0 radical (unpaired) electrons. The average Bonchev–Trinajstić information content (AvgIpc) is 3.10. The zero-order valence-corrected chi connectivity index (χ0v) is 14.4. The molecule has 24 heavy (non-hydrogen) atoms. The SMILES string of the molecule is COc1ccc(Cl)cc1-c1csc(/C(C#N)=C/c2ccccc2)n1. The van der Waals surface area contributed by atoms with E-state index < -0.39 is 0 Å². The second-order valence-electron chi connectivity index (χ2n) is 4.96. The van der Waals surface area contributed by atoms with Gasteiger partial charge in [-0.15, -0.1) is 11.3 Å². The number of hydrogen-bond donors (Lipinski definition) is 0. The molecule has 0 spiro atoms. The Morgan fingerprint density at radius 1 is 1.25 bits per heavy atom. The standard InChI is InChI=1S/C19H13ClN2OS/c1-23-18-8-7-15(20)10-16(18)17-12-24-19(22-17)14(11-21)9-13-5-3-2-4-6-13/h2-10,12H,1H3/b14-9+. The molecule has 5 heteroatoms. The Labute approximate surface area is 149 Å². The van der Waals surface area contributed by atoms with Gasteiger partial charge in [-0.25, -0.2) is 4.98 Å². The number of ether oxygens (including phenoxy) is 1. The Morgan fingerprint density at radius 3 is 2.75 bits per heavy atom. The second kappa shape index (κ2) is 7.31. The Kier molecular flexibility index (Phi) is 4.95. The van der Waals surface area contributed by atoms with Crippen LogP contribution in [0, 0.1) is 11.3 Å². The summed E-state index contributed by atoms with van der Waals surface area (Å²) in [6.45, 7) is 0. The summed E-state index contributed by atoms with van der Waals surface area (Å²) in [6.07, 6.45) is 1.83. The van der Waals surface area contributed by atoms with Crippen molar-refractivity contribution in [1.82, 2.24) is 4.98 Å². The van der Waals surface area contributed by atoms with Gasteiger partial charge in [0, 0.05) is 16.0 Å². The average molecular weight is 353 g/mol. The van der Waals surface area contributed by atoms with Crippen molar-refractivity contribution >= 4 is 34.6 Å². The maximum absolute atomic E-state index is 9.47. The zero-order valence-electron chi connectivity index (χ0n) is 12.9. The minimum absolute atomic E-state index is 0.526. The van der Waals surface area contributed by atoms with Crippen LogP contribution >= 0.6 is 22.9 Å². The van der Waals surface area contributed by atoms with E-state index in [-0.39, 0.29) is 0 Å². The minimum atomic E-state index is 0.526. The van der Waals surface area contributed by atoms with Gasteiger partial charge in [-0.3, -0.25) is 0 Å². The van der Waals surface area contributed by atoms with Gasteiger partial charge in [-0.05, 0) is 29.8 Å². The van der Waals surface area contributed by atoms with Crippen LogP contribution in [-0.4, -0.2) is 12.1 Å². The number of halogens is 1. The van der Waals surface area contributed by atoms with Crippen molar-refractivity contribution < 1.29 is 4.74 Å². The number of allylic oxidation sites excluding steroid dienone is 1. The maximum atomic E-state index is 9.47. The first kappa shape index (κ1) is 16.3. The molecule has 0 aliphatic heterocycles. The molecule has 3 nitrogen and oxygen atoms in total. The Morgan fingerprint density at radius 2 is 2.04 bits per heavy atom. The van der Waals surface area contributed by atoms with Gasteiger partial charge in [-0.2, -0.15) is 5.26 Å². The van der Waals surface area contributed by atoms with Gasteiger partial charge in [0.05, 0.1) is 18.4 Å². The van der Waals surface area contributed by atoms with Crippen molar-refractivity contribution in [3.63, 3.8) is 0 Å². The van der Waals surface area contributed by atoms with Crippen LogP contribution in [0.25, 0.3) is 22.9 Å². The molecule has 3 rings (SSSR count). The van der Waals surface area contributed by atoms with Crippen LogP contribution in [0.4, 0.5) is 0 Å². The third-order valence-corrected chi connectivity index (χ3v) is 4.51. The normalized spacial score (nSPS) is 11.1. The van der Waals surface area contributed by atoms with E-state index >= 15 is 0 Å². The first-order chi connectivity index (χ1) is 11.7. The molecule has 0 bridgehead atoms. The van der Waals surface area contributed by atoms with Crippen LogP contribution in [0.2, 0.25) is 5.02 Å². The van der Waals surface area contributed by atoms with Crippen LogP contribution < -0.4 is 4.74 Å². The van der Waals surface area contributed by atoms with Crippen LogP contribution in [0.1, 0.15) is 10.6 Å². The molecule has 0 amide bonds. The summed E-state index contributed by atoms with van der Waals surface area (Å²) < 4.78 is 5.37. The Bertz CT molecular complexity index is 926. The van der Waals surface area contributed by atoms with Gasteiger partial charge in [0.25, 0.3) is 0 Å². The summed E-state index contributed by atoms with van der Waals surface area (Å²) in [5, 5.41) is 12.6. The summed E-state index contributed by atoms with van der Waals surface area (Å²) >= 11 is 7.50. The molecule has 0 fully saturated rings. The van der Waals surface area contributed by atoms with Crippen molar-refractivity contribution in [3.8, 4) is 23.1 Å². The summed E-state index contributed by atoms with van der Waals surface area (Å²) in [5.41, 5.74) is 3.04. The number of methoxy groups -OCH3 is 1. The lowest BCUT2D eigenvalue weighted by atomic mass is 10.1. The molecule has 3 aromatic rings. The molecule has 0 unspecified atom stereocenters. The molecule has 0 saturated carbocycles. The van der Waals surface area contributed by atoms with Gasteiger partial charge in [0.15, 0.2) is 0 Å². The van der Waals surface area contributed by atoms with Gasteiger partial charge >= 0.3 is 0 Å². The number of hydrogen-bond acceptors (Lipinski definition) is 4. The molecule has 0 aliphatic carbocycles. The lowest BCUT2D eigenvalue weighted by molar-refractivity contribution is 0.416. The smallest absolute Gasteiger partial charge is 0.134 e. The highest BCUT2D eigenvalue weighted by molar-refractivity contribution is 7.11. The summed E-state index contributed by atoms with van der Waals surface area (Å²) in [6, 6.07) is 17.3. The van der Waals surface area contributed by atoms with Crippen molar-refractivity contribution in [2.45, 2.75) is 0 Å². The highest BCUT2D eigenvalue weighted by Gasteiger charge is 2.13. The number of nitriles is 1. The van der Waals surface area contributed by atoms with Gasteiger partial charge in [-0.1, -0.05) is 41.9 Å². The van der Waals surface area contributed by atoms with E-state index in [9.17, 15) is 5.26 Å². The van der Waals surface area contributed by atoms with Crippen LogP contribution in [0.5, 0.6) is 5.75 Å². The van der Waals surface area contributed by atoms with Crippen molar-refractivity contribution in [3.05, 3.63) is 69.5 Å². The van der Waals surface area contributed by atoms with Crippen molar-refractivity contribution in [2.24, 2.45) is 0 Å². The number of rotatable bonds is 4. The number of nitrogens with zero attached hydrogens (tertiary/aromatic N) is 2. The third kappa shape index (κ3) is 3.48. The van der Waals surface area contributed by atoms with Crippen LogP contribution in [0.3, 0.4) is 0 Å². The molecule has 0 N–H and O–H groups in total. The number of aromatic nitrogens is 1. The molecule has 0 saturated heterocycles. The largest absolute Gasteiger partial charge is 0.496 e. The predicted octanol–water partition coefficient (Wildman–Crippen LogP) is 5.54. The first-order valence-electron chi connectivity index (χ1n) is 7.18. The summed E-state index contributed by atoms with van der Waals surface area (Å²) in [4.78, 5) is 4.59. The lowest BCUT2D eigenvalue weighted by Crippen LogP contribution is -1.89. The molecule has 118 valence electrons. The lowest BCUT2D eigenvalue weighted by Gasteiger charge is -2.06. The second-order valence-corrected chi connectivity index (χ2v) is 6.26. The molecular formula is C19H13ClN2OS. The van der Waals surface area contributed by atoms with E-state index in [4.69, 9.17) is 16.3 Å². The third-order valence-electron chi connectivity index (χ3n) is 3.40. The predicted molar refractivity (Wildman–Crippen MR) is 99.0 cm³/mol. The fraction of sp³-hybridized carbons (Fsp3) is 0.0526.